The van der Waals surface area contributed by atoms with Crippen molar-refractivity contribution in [2.75, 3.05) is 0 Å². The van der Waals surface area contributed by atoms with Crippen LogP contribution in [-0.4, -0.2) is 6.29 Å². The van der Waals surface area contributed by atoms with E-state index in [1.807, 2.05) is 0 Å². The van der Waals surface area contributed by atoms with Crippen LogP contribution in [0.2, 0.25) is 0 Å². The van der Waals surface area contributed by atoms with E-state index < -0.39 is 17.0 Å². The van der Waals surface area contributed by atoms with Crippen molar-refractivity contribution in [3.63, 3.8) is 0 Å². The van der Waals surface area contributed by atoms with Gasteiger partial charge in [0.15, 0.2) is 0 Å². The smallest absolute Gasteiger partial charge is 0.129 e. The van der Waals surface area contributed by atoms with Crippen LogP contribution in [0.5, 0.6) is 0 Å². The fourth-order valence-corrected chi connectivity index (χ4v) is 1.55. The SMILES string of the molecule is O=CC1(Cc2c(F)cccc2F)CC1. The molecule has 0 N–H and O–H groups in total. The molecule has 1 saturated carbocycles. The molecule has 0 atom stereocenters. The molecule has 0 spiro atoms. The highest BCUT2D eigenvalue weighted by atomic mass is 19.1. The lowest BCUT2D eigenvalue weighted by atomic mass is 9.97. The van der Waals surface area contributed by atoms with Crippen LogP contribution in [0.15, 0.2) is 18.2 Å². The first-order valence-corrected chi connectivity index (χ1v) is 4.56. The van der Waals surface area contributed by atoms with Crippen LogP contribution < -0.4 is 0 Å². The van der Waals surface area contributed by atoms with Gasteiger partial charge in [0, 0.05) is 11.0 Å². The van der Waals surface area contributed by atoms with Crippen LogP contribution in [0.1, 0.15) is 18.4 Å². The summed E-state index contributed by atoms with van der Waals surface area (Å²) < 4.78 is 26.4. The quantitative estimate of drug-likeness (QED) is 0.679. The zero-order valence-corrected chi connectivity index (χ0v) is 7.59. The first kappa shape index (κ1) is 9.31. The van der Waals surface area contributed by atoms with E-state index in [0.717, 1.165) is 19.1 Å². The Kier molecular flexibility index (Phi) is 2.10. The highest BCUT2D eigenvalue weighted by molar-refractivity contribution is 5.64. The highest BCUT2D eigenvalue weighted by Crippen LogP contribution is 2.46. The molecule has 1 aliphatic carbocycles. The van der Waals surface area contributed by atoms with Gasteiger partial charge in [-0.15, -0.1) is 0 Å². The van der Waals surface area contributed by atoms with Crippen LogP contribution in [0.25, 0.3) is 0 Å². The van der Waals surface area contributed by atoms with E-state index in [0.29, 0.717) is 0 Å². The summed E-state index contributed by atoms with van der Waals surface area (Å²) in [7, 11) is 0. The van der Waals surface area contributed by atoms with E-state index in [1.165, 1.54) is 18.2 Å². The number of aldehydes is 1. The second-order valence-electron chi connectivity index (χ2n) is 3.86. The predicted molar refractivity (Wildman–Crippen MR) is 47.8 cm³/mol. The lowest BCUT2D eigenvalue weighted by Gasteiger charge is -2.08. The third-order valence-corrected chi connectivity index (χ3v) is 2.73. The van der Waals surface area contributed by atoms with Gasteiger partial charge in [-0.1, -0.05) is 6.07 Å². The number of rotatable bonds is 3. The number of benzene rings is 1. The minimum atomic E-state index is -0.557. The summed E-state index contributed by atoms with van der Waals surface area (Å²) in [6, 6.07) is 3.77. The van der Waals surface area contributed by atoms with Crippen molar-refractivity contribution >= 4 is 6.29 Å². The Morgan fingerprint density at radius 3 is 2.29 bits per heavy atom. The molecule has 1 aliphatic rings. The molecule has 74 valence electrons. The van der Waals surface area contributed by atoms with Gasteiger partial charge < -0.3 is 4.79 Å². The second-order valence-corrected chi connectivity index (χ2v) is 3.86. The topological polar surface area (TPSA) is 17.1 Å². The summed E-state index contributed by atoms with van der Waals surface area (Å²) in [5, 5.41) is 0. The number of hydrogen-bond acceptors (Lipinski definition) is 1. The summed E-state index contributed by atoms with van der Waals surface area (Å²) in [5.74, 6) is -1.11. The van der Waals surface area contributed by atoms with Crippen LogP contribution in [-0.2, 0) is 11.2 Å². The molecule has 14 heavy (non-hydrogen) atoms. The molecule has 0 bridgehead atoms. The molecule has 1 nitrogen and oxygen atoms in total. The maximum atomic E-state index is 13.2. The number of hydrogen-bond donors (Lipinski definition) is 0. The molecule has 3 heteroatoms. The van der Waals surface area contributed by atoms with Gasteiger partial charge in [0.1, 0.15) is 17.9 Å². The van der Waals surface area contributed by atoms with Gasteiger partial charge in [-0.05, 0) is 31.4 Å². The summed E-state index contributed by atoms with van der Waals surface area (Å²) in [5.41, 5.74) is -0.444. The van der Waals surface area contributed by atoms with Gasteiger partial charge in [0.2, 0.25) is 0 Å². The van der Waals surface area contributed by atoms with Gasteiger partial charge in [-0.25, -0.2) is 8.78 Å². The minimum Gasteiger partial charge on any atom is -0.303 e. The van der Waals surface area contributed by atoms with E-state index >= 15 is 0 Å². The van der Waals surface area contributed by atoms with Gasteiger partial charge >= 0.3 is 0 Å². The molecule has 0 heterocycles. The fraction of sp³-hybridized carbons (Fsp3) is 0.364. The highest BCUT2D eigenvalue weighted by Gasteiger charge is 2.43. The largest absolute Gasteiger partial charge is 0.303 e. The summed E-state index contributed by atoms with van der Waals surface area (Å²) >= 11 is 0. The van der Waals surface area contributed by atoms with E-state index in [9.17, 15) is 13.6 Å². The zero-order chi connectivity index (χ0) is 10.2. The van der Waals surface area contributed by atoms with Crippen LogP contribution in [0, 0.1) is 17.0 Å². The van der Waals surface area contributed by atoms with Crippen molar-refractivity contribution in [2.45, 2.75) is 19.3 Å². The van der Waals surface area contributed by atoms with Crippen molar-refractivity contribution in [2.24, 2.45) is 5.41 Å². The van der Waals surface area contributed by atoms with Gasteiger partial charge in [0.25, 0.3) is 0 Å². The van der Waals surface area contributed by atoms with E-state index in [4.69, 9.17) is 0 Å². The Morgan fingerprint density at radius 2 is 1.86 bits per heavy atom. The van der Waals surface area contributed by atoms with E-state index in [-0.39, 0.29) is 12.0 Å². The molecular formula is C11H10F2O. The minimum absolute atomic E-state index is 0.0390. The summed E-state index contributed by atoms with van der Waals surface area (Å²) in [6.07, 6.45) is 2.49. The van der Waals surface area contributed by atoms with Crippen molar-refractivity contribution < 1.29 is 13.6 Å². The van der Waals surface area contributed by atoms with Crippen molar-refractivity contribution in [1.82, 2.24) is 0 Å². The Hall–Kier alpha value is -1.25. The number of carbonyl (C=O) groups excluding carboxylic acids is 1. The summed E-state index contributed by atoms with van der Waals surface area (Å²) in [4.78, 5) is 10.7. The zero-order valence-electron chi connectivity index (χ0n) is 7.59. The fourth-order valence-electron chi connectivity index (χ4n) is 1.55. The standard InChI is InChI=1S/C11H10F2O/c12-9-2-1-3-10(13)8(9)6-11(7-14)4-5-11/h1-3,7H,4-6H2. The molecule has 1 fully saturated rings. The van der Waals surface area contributed by atoms with Gasteiger partial charge in [0.05, 0.1) is 0 Å². The second kappa shape index (κ2) is 3.15. The molecule has 1 aromatic rings. The molecule has 1 aromatic carbocycles. The van der Waals surface area contributed by atoms with Crippen molar-refractivity contribution in [1.29, 1.82) is 0 Å². The van der Waals surface area contributed by atoms with Crippen molar-refractivity contribution in [3.8, 4) is 0 Å². The third-order valence-electron chi connectivity index (χ3n) is 2.73. The molecule has 2 rings (SSSR count). The molecule has 0 radical (unpaired) electrons. The van der Waals surface area contributed by atoms with Crippen LogP contribution in [0.3, 0.4) is 0 Å². The summed E-state index contributed by atoms with van der Waals surface area (Å²) in [6.45, 7) is 0. The lowest BCUT2D eigenvalue weighted by Crippen LogP contribution is -2.09. The molecular weight excluding hydrogens is 186 g/mol. The molecule has 0 amide bonds. The van der Waals surface area contributed by atoms with Gasteiger partial charge in [-0.3, -0.25) is 0 Å². The Bertz CT molecular complexity index is 349. The lowest BCUT2D eigenvalue weighted by molar-refractivity contribution is -0.112. The molecule has 0 aromatic heterocycles. The maximum Gasteiger partial charge on any atom is 0.129 e. The molecule has 0 saturated heterocycles. The van der Waals surface area contributed by atoms with E-state index in [2.05, 4.69) is 0 Å². The average molecular weight is 196 g/mol. The first-order chi connectivity index (χ1) is 6.67. The predicted octanol–water partition coefficient (Wildman–Crippen LogP) is 2.49. The van der Waals surface area contributed by atoms with Crippen LogP contribution >= 0.6 is 0 Å². The molecule has 0 unspecified atom stereocenters. The number of halogens is 2. The van der Waals surface area contributed by atoms with Gasteiger partial charge in [-0.2, -0.15) is 0 Å². The van der Waals surface area contributed by atoms with E-state index in [1.54, 1.807) is 0 Å². The maximum absolute atomic E-state index is 13.2. The first-order valence-electron chi connectivity index (χ1n) is 4.56. The monoisotopic (exact) mass is 196 g/mol. The van der Waals surface area contributed by atoms with Crippen LogP contribution in [0.4, 0.5) is 8.78 Å². The average Bonchev–Trinajstić information content (AvgIpc) is 2.93. The third kappa shape index (κ3) is 1.54. The van der Waals surface area contributed by atoms with Crippen molar-refractivity contribution in [3.05, 3.63) is 35.4 Å². The molecule has 0 aliphatic heterocycles. The normalized spacial score (nSPS) is 17.9. The number of carbonyl (C=O) groups is 1. The Labute approximate surface area is 80.7 Å². The Morgan fingerprint density at radius 1 is 1.29 bits per heavy atom. The Balaban J connectivity index is 2.28.